The Morgan fingerprint density at radius 3 is 2.64 bits per heavy atom. The Morgan fingerprint density at radius 2 is 2.05 bits per heavy atom. The van der Waals surface area contributed by atoms with Crippen molar-refractivity contribution in [3.8, 4) is 0 Å². The van der Waals surface area contributed by atoms with Crippen LogP contribution in [0.15, 0.2) is 30.3 Å². The number of amides is 1. The number of alkyl halides is 3. The van der Waals surface area contributed by atoms with Gasteiger partial charge in [-0.25, -0.2) is 0 Å². The molecule has 0 aromatic heterocycles. The lowest BCUT2D eigenvalue weighted by Crippen LogP contribution is -2.55. The van der Waals surface area contributed by atoms with Gasteiger partial charge in [0.05, 0.1) is 12.5 Å². The molecule has 1 aromatic rings. The van der Waals surface area contributed by atoms with Crippen molar-refractivity contribution in [1.82, 2.24) is 10.6 Å². The smallest absolute Gasteiger partial charge is 0.225 e. The van der Waals surface area contributed by atoms with E-state index >= 15 is 0 Å². The first-order valence-electron chi connectivity index (χ1n) is 7.20. The summed E-state index contributed by atoms with van der Waals surface area (Å²) in [5.41, 5.74) is 0.905. The average Bonchev–Trinajstić information content (AvgIpc) is 2.96. The molecule has 1 aliphatic heterocycles. The highest BCUT2D eigenvalue weighted by Crippen LogP contribution is 2.29. The summed E-state index contributed by atoms with van der Waals surface area (Å²) in [6, 6.07) is 9.41. The van der Waals surface area contributed by atoms with E-state index in [9.17, 15) is 4.79 Å². The summed E-state index contributed by atoms with van der Waals surface area (Å²) in [5, 5.41) is 5.79. The van der Waals surface area contributed by atoms with E-state index in [1.54, 1.807) is 0 Å². The molecule has 4 nitrogen and oxygen atoms in total. The Bertz CT molecular complexity index is 473. The van der Waals surface area contributed by atoms with E-state index in [0.29, 0.717) is 6.54 Å². The molecule has 22 heavy (non-hydrogen) atoms. The fourth-order valence-electron chi connectivity index (χ4n) is 2.30. The molecule has 1 heterocycles. The maximum atomic E-state index is 12.1. The molecule has 1 amide bonds. The molecule has 2 N–H and O–H groups in total. The first-order valence-corrected chi connectivity index (χ1v) is 8.33. The standard InChI is InChI=1S/C15H19Cl3N2O2/c16-15(17,18)14(19-10-12-7-4-8-22-12)20-13(21)9-11-5-2-1-3-6-11/h1-3,5-6,12,14,19H,4,7-10H2,(H,20,21)/t12-,14-/m1/s1. The van der Waals surface area contributed by atoms with Crippen LogP contribution in [-0.4, -0.2) is 35.1 Å². The number of hydrogen-bond donors (Lipinski definition) is 2. The molecule has 122 valence electrons. The zero-order valence-electron chi connectivity index (χ0n) is 12.0. The second-order valence-corrected chi connectivity index (χ2v) is 7.62. The Kier molecular flexibility index (Phi) is 6.78. The molecule has 0 radical (unpaired) electrons. The normalized spacial score (nSPS) is 19.9. The van der Waals surface area contributed by atoms with Gasteiger partial charge in [0, 0.05) is 13.2 Å². The molecule has 0 spiro atoms. The quantitative estimate of drug-likeness (QED) is 0.602. The van der Waals surface area contributed by atoms with E-state index < -0.39 is 9.96 Å². The fourth-order valence-corrected chi connectivity index (χ4v) is 2.69. The molecule has 1 fully saturated rings. The van der Waals surface area contributed by atoms with Gasteiger partial charge in [-0.2, -0.15) is 0 Å². The van der Waals surface area contributed by atoms with Crippen LogP contribution in [0, 0.1) is 0 Å². The number of carbonyl (C=O) groups is 1. The van der Waals surface area contributed by atoms with E-state index in [0.717, 1.165) is 25.0 Å². The third kappa shape index (κ3) is 5.94. The predicted molar refractivity (Wildman–Crippen MR) is 89.3 cm³/mol. The lowest BCUT2D eigenvalue weighted by molar-refractivity contribution is -0.121. The zero-order chi connectivity index (χ0) is 16.0. The van der Waals surface area contributed by atoms with E-state index in [4.69, 9.17) is 39.5 Å². The second kappa shape index (κ2) is 8.37. The maximum Gasteiger partial charge on any atom is 0.225 e. The number of nitrogens with one attached hydrogen (secondary N) is 2. The monoisotopic (exact) mass is 364 g/mol. The van der Waals surface area contributed by atoms with Crippen LogP contribution in [0.5, 0.6) is 0 Å². The Hall–Kier alpha value is -0.520. The predicted octanol–water partition coefficient (Wildman–Crippen LogP) is 2.81. The minimum Gasteiger partial charge on any atom is -0.377 e. The summed E-state index contributed by atoms with van der Waals surface area (Å²) >= 11 is 17.8. The number of hydrogen-bond acceptors (Lipinski definition) is 3. The van der Waals surface area contributed by atoms with Crippen LogP contribution in [0.1, 0.15) is 18.4 Å². The van der Waals surface area contributed by atoms with Crippen molar-refractivity contribution in [2.75, 3.05) is 13.2 Å². The topological polar surface area (TPSA) is 50.4 Å². The summed E-state index contributed by atoms with van der Waals surface area (Å²) < 4.78 is 3.88. The van der Waals surface area contributed by atoms with E-state index in [1.165, 1.54) is 0 Å². The van der Waals surface area contributed by atoms with Crippen molar-refractivity contribution < 1.29 is 9.53 Å². The molecule has 7 heteroatoms. The van der Waals surface area contributed by atoms with Crippen LogP contribution in [0.3, 0.4) is 0 Å². The molecule has 0 aliphatic carbocycles. The van der Waals surface area contributed by atoms with Gasteiger partial charge >= 0.3 is 0 Å². The summed E-state index contributed by atoms with van der Waals surface area (Å²) in [6.07, 6.45) is 1.57. The molecule has 2 atom stereocenters. The van der Waals surface area contributed by atoms with E-state index in [2.05, 4.69) is 10.6 Å². The second-order valence-electron chi connectivity index (χ2n) is 5.25. The highest BCUT2D eigenvalue weighted by atomic mass is 35.6. The Morgan fingerprint density at radius 1 is 1.32 bits per heavy atom. The zero-order valence-corrected chi connectivity index (χ0v) is 14.3. The summed E-state index contributed by atoms with van der Waals surface area (Å²) in [7, 11) is 0. The number of rotatable bonds is 6. The maximum absolute atomic E-state index is 12.1. The molecular weight excluding hydrogens is 347 g/mol. The molecule has 0 unspecified atom stereocenters. The van der Waals surface area contributed by atoms with Crippen molar-refractivity contribution in [1.29, 1.82) is 0 Å². The van der Waals surface area contributed by atoms with Crippen molar-refractivity contribution in [2.24, 2.45) is 0 Å². The molecule has 1 saturated heterocycles. The lowest BCUT2D eigenvalue weighted by Gasteiger charge is -2.27. The minimum atomic E-state index is -1.63. The average molecular weight is 366 g/mol. The van der Waals surface area contributed by atoms with Gasteiger partial charge in [-0.3, -0.25) is 10.1 Å². The third-order valence-corrected chi connectivity index (χ3v) is 4.07. The minimum absolute atomic E-state index is 0.0980. The van der Waals surface area contributed by atoms with Crippen LogP contribution >= 0.6 is 34.8 Å². The van der Waals surface area contributed by atoms with Crippen LogP contribution in [-0.2, 0) is 16.0 Å². The molecule has 0 bridgehead atoms. The SMILES string of the molecule is O=C(Cc1ccccc1)N[C@@H](NC[C@H]1CCCO1)C(Cl)(Cl)Cl. The summed E-state index contributed by atoms with van der Waals surface area (Å²) in [6.45, 7) is 1.29. The number of halogens is 3. The number of benzene rings is 1. The molecule has 0 saturated carbocycles. The van der Waals surface area contributed by atoms with Gasteiger partial charge in [-0.15, -0.1) is 0 Å². The Balaban J connectivity index is 1.87. The number of carbonyl (C=O) groups excluding carboxylic acids is 1. The van der Waals surface area contributed by atoms with Crippen LogP contribution in [0.4, 0.5) is 0 Å². The van der Waals surface area contributed by atoms with Gasteiger partial charge < -0.3 is 10.1 Å². The van der Waals surface area contributed by atoms with Gasteiger partial charge in [0.2, 0.25) is 9.70 Å². The lowest BCUT2D eigenvalue weighted by atomic mass is 10.1. The number of ether oxygens (including phenoxy) is 1. The molecule has 1 aromatic carbocycles. The first-order chi connectivity index (χ1) is 10.4. The van der Waals surface area contributed by atoms with Gasteiger partial charge in [-0.1, -0.05) is 65.1 Å². The first kappa shape index (κ1) is 17.8. The van der Waals surface area contributed by atoms with Crippen molar-refractivity contribution >= 4 is 40.7 Å². The van der Waals surface area contributed by atoms with Gasteiger partial charge in [-0.05, 0) is 18.4 Å². The Labute approximate surface area is 145 Å². The van der Waals surface area contributed by atoms with Crippen LogP contribution in [0.2, 0.25) is 0 Å². The van der Waals surface area contributed by atoms with Crippen molar-refractivity contribution in [3.63, 3.8) is 0 Å². The van der Waals surface area contributed by atoms with E-state index in [-0.39, 0.29) is 18.4 Å². The van der Waals surface area contributed by atoms with Crippen LogP contribution < -0.4 is 10.6 Å². The fraction of sp³-hybridized carbons (Fsp3) is 0.533. The van der Waals surface area contributed by atoms with Gasteiger partial charge in [0.25, 0.3) is 0 Å². The largest absolute Gasteiger partial charge is 0.377 e. The summed E-state index contributed by atoms with van der Waals surface area (Å²) in [5.74, 6) is -0.206. The van der Waals surface area contributed by atoms with Crippen molar-refractivity contribution in [2.45, 2.75) is 35.3 Å². The third-order valence-electron chi connectivity index (χ3n) is 3.41. The molecule has 1 aliphatic rings. The van der Waals surface area contributed by atoms with Gasteiger partial charge in [0.15, 0.2) is 0 Å². The highest BCUT2D eigenvalue weighted by Gasteiger charge is 2.34. The van der Waals surface area contributed by atoms with Gasteiger partial charge in [0.1, 0.15) is 6.17 Å². The highest BCUT2D eigenvalue weighted by molar-refractivity contribution is 6.68. The van der Waals surface area contributed by atoms with E-state index in [1.807, 2.05) is 30.3 Å². The molecular formula is C15H19Cl3N2O2. The summed E-state index contributed by atoms with van der Waals surface area (Å²) in [4.78, 5) is 12.1. The molecule has 2 rings (SSSR count). The van der Waals surface area contributed by atoms with Crippen molar-refractivity contribution in [3.05, 3.63) is 35.9 Å². The van der Waals surface area contributed by atoms with Crippen LogP contribution in [0.25, 0.3) is 0 Å².